The van der Waals surface area contributed by atoms with Crippen molar-refractivity contribution in [2.45, 2.75) is 70.5 Å². The van der Waals surface area contributed by atoms with Crippen molar-refractivity contribution >= 4 is 11.8 Å². The molecule has 0 aromatic rings. The molecule has 0 spiro atoms. The van der Waals surface area contributed by atoms with Gasteiger partial charge in [-0.15, -0.1) is 11.8 Å². The summed E-state index contributed by atoms with van der Waals surface area (Å²) in [6.07, 6.45) is 27.0. The van der Waals surface area contributed by atoms with Gasteiger partial charge in [0.1, 0.15) is 0 Å². The van der Waals surface area contributed by atoms with E-state index in [0.29, 0.717) is 5.92 Å². The van der Waals surface area contributed by atoms with Crippen LogP contribution in [0.2, 0.25) is 0 Å². The summed E-state index contributed by atoms with van der Waals surface area (Å²) in [6.45, 7) is 7.20. The van der Waals surface area contributed by atoms with Crippen LogP contribution in [-0.4, -0.2) is 4.75 Å². The second-order valence-corrected chi connectivity index (χ2v) is 9.53. The maximum atomic E-state index is 2.45. The van der Waals surface area contributed by atoms with E-state index in [1.54, 1.807) is 21.6 Å². The van der Waals surface area contributed by atoms with Gasteiger partial charge in [-0.25, -0.2) is 0 Å². The summed E-state index contributed by atoms with van der Waals surface area (Å²) in [5, 5.41) is 0. The normalized spacial score (nSPS) is 22.9. The monoisotopic (exact) mass is 352 g/mol. The lowest BCUT2D eigenvalue weighted by molar-refractivity contribution is 0.510. The molecule has 1 atom stereocenters. The van der Waals surface area contributed by atoms with E-state index >= 15 is 0 Å². The van der Waals surface area contributed by atoms with E-state index in [2.05, 4.69) is 81.1 Å². The minimum Gasteiger partial charge on any atom is -0.119 e. The highest BCUT2D eigenvalue weighted by molar-refractivity contribution is 8.04. The van der Waals surface area contributed by atoms with E-state index in [-0.39, 0.29) is 4.75 Å². The predicted octanol–water partition coefficient (Wildman–Crippen LogP) is 7.68. The van der Waals surface area contributed by atoms with Crippen molar-refractivity contribution in [3.05, 3.63) is 70.2 Å². The molecule has 0 aromatic carbocycles. The highest BCUT2D eigenvalue weighted by atomic mass is 32.2. The summed E-state index contributed by atoms with van der Waals surface area (Å²) in [4.78, 5) is 1.56. The first-order chi connectivity index (χ1) is 12.1. The van der Waals surface area contributed by atoms with Crippen LogP contribution in [0.1, 0.15) is 65.7 Å². The molecule has 1 heteroatoms. The zero-order valence-corrected chi connectivity index (χ0v) is 16.9. The van der Waals surface area contributed by atoms with Gasteiger partial charge in [-0.3, -0.25) is 0 Å². The molecule has 0 saturated carbocycles. The predicted molar refractivity (Wildman–Crippen MR) is 114 cm³/mol. The Balaban J connectivity index is 1.69. The molecule has 0 aromatic heterocycles. The van der Waals surface area contributed by atoms with Gasteiger partial charge in [-0.1, -0.05) is 79.2 Å². The van der Waals surface area contributed by atoms with E-state index in [9.17, 15) is 0 Å². The van der Waals surface area contributed by atoms with Crippen molar-refractivity contribution in [1.82, 2.24) is 0 Å². The second-order valence-electron chi connectivity index (χ2n) is 7.95. The molecule has 3 aliphatic carbocycles. The Labute approximate surface area is 158 Å². The van der Waals surface area contributed by atoms with Crippen molar-refractivity contribution in [2.75, 3.05) is 0 Å². The third-order valence-corrected chi connectivity index (χ3v) is 7.61. The Bertz CT molecular complexity index is 666. The Morgan fingerprint density at radius 2 is 1.60 bits per heavy atom. The molecular weight excluding hydrogens is 320 g/mol. The van der Waals surface area contributed by atoms with Gasteiger partial charge in [-0.05, 0) is 62.7 Å². The topological polar surface area (TPSA) is 0 Å². The van der Waals surface area contributed by atoms with E-state index in [0.717, 1.165) is 0 Å². The van der Waals surface area contributed by atoms with Crippen LogP contribution in [0, 0.1) is 5.92 Å². The molecule has 0 bridgehead atoms. The van der Waals surface area contributed by atoms with Crippen molar-refractivity contribution in [1.29, 1.82) is 0 Å². The van der Waals surface area contributed by atoms with Crippen molar-refractivity contribution < 1.29 is 0 Å². The van der Waals surface area contributed by atoms with Gasteiger partial charge in [0.25, 0.3) is 0 Å². The standard InChI is InChI=1S/C24H32S/c1-19(2)24(3,22-12-8-5-9-13-22)25-23-16-14-21(15-17-23)18-20-10-6-4-7-11-20/h4-6,8,10,12,14,16,19H,7,9,11,13,15,17-18H2,1-3H3. The van der Waals surface area contributed by atoms with E-state index < -0.39 is 0 Å². The number of hydrogen-bond donors (Lipinski definition) is 0. The van der Waals surface area contributed by atoms with Gasteiger partial charge in [-0.2, -0.15) is 0 Å². The summed E-state index contributed by atoms with van der Waals surface area (Å²) in [5.41, 5.74) is 4.83. The number of thioether (sulfide) groups is 1. The van der Waals surface area contributed by atoms with Gasteiger partial charge in [0.2, 0.25) is 0 Å². The lowest BCUT2D eigenvalue weighted by atomic mass is 9.84. The maximum absolute atomic E-state index is 2.45. The second kappa shape index (κ2) is 8.45. The Kier molecular flexibility index (Phi) is 6.28. The van der Waals surface area contributed by atoms with Crippen molar-refractivity contribution in [3.63, 3.8) is 0 Å². The Morgan fingerprint density at radius 1 is 0.880 bits per heavy atom. The van der Waals surface area contributed by atoms with Crippen LogP contribution in [-0.2, 0) is 0 Å². The molecule has 1 unspecified atom stereocenters. The van der Waals surface area contributed by atoms with Crippen LogP contribution in [0.5, 0.6) is 0 Å². The lowest BCUT2D eigenvalue weighted by Gasteiger charge is -2.38. The van der Waals surface area contributed by atoms with Gasteiger partial charge >= 0.3 is 0 Å². The summed E-state index contributed by atoms with van der Waals surface area (Å²) in [5.74, 6) is 0.640. The molecular formula is C24H32S. The minimum atomic E-state index is 0.221. The van der Waals surface area contributed by atoms with Crippen LogP contribution in [0.4, 0.5) is 0 Å². The average Bonchev–Trinajstić information content (AvgIpc) is 2.65. The fourth-order valence-corrected chi connectivity index (χ4v) is 5.25. The summed E-state index contributed by atoms with van der Waals surface area (Å²) in [6, 6.07) is 0. The first kappa shape index (κ1) is 18.6. The fourth-order valence-electron chi connectivity index (χ4n) is 3.83. The SMILES string of the molecule is CC(C)C(C)(SC1=CC=C(CC2=CC=CCC2)CC1)C1=CC=CCC1. The first-order valence-electron chi connectivity index (χ1n) is 9.86. The fraction of sp³-hybridized carbons (Fsp3) is 0.500. The zero-order valence-electron chi connectivity index (χ0n) is 16.1. The van der Waals surface area contributed by atoms with E-state index in [1.165, 1.54) is 44.9 Å². The highest BCUT2D eigenvalue weighted by Crippen LogP contribution is 2.48. The Hall–Kier alpha value is -1.21. The zero-order chi connectivity index (χ0) is 17.7. The smallest absolute Gasteiger partial charge is 0.0409 e. The average molecular weight is 353 g/mol. The van der Waals surface area contributed by atoms with E-state index in [1.807, 2.05) is 0 Å². The van der Waals surface area contributed by atoms with Crippen LogP contribution in [0.3, 0.4) is 0 Å². The molecule has 0 nitrogen and oxygen atoms in total. The minimum absolute atomic E-state index is 0.221. The van der Waals surface area contributed by atoms with E-state index in [4.69, 9.17) is 0 Å². The number of allylic oxidation sites excluding steroid dienone is 11. The quantitative estimate of drug-likeness (QED) is 0.472. The Morgan fingerprint density at radius 3 is 2.16 bits per heavy atom. The molecule has 3 rings (SSSR count). The maximum Gasteiger partial charge on any atom is 0.0409 e. The molecule has 0 aliphatic heterocycles. The van der Waals surface area contributed by atoms with Gasteiger partial charge < -0.3 is 0 Å². The third-order valence-electron chi connectivity index (χ3n) is 5.85. The van der Waals surface area contributed by atoms with Crippen LogP contribution in [0.25, 0.3) is 0 Å². The molecule has 0 amide bonds. The lowest BCUT2D eigenvalue weighted by Crippen LogP contribution is -2.30. The van der Waals surface area contributed by atoms with Gasteiger partial charge in [0.15, 0.2) is 0 Å². The van der Waals surface area contributed by atoms with Crippen LogP contribution >= 0.6 is 11.8 Å². The molecule has 0 saturated heterocycles. The van der Waals surface area contributed by atoms with Crippen LogP contribution in [0.15, 0.2) is 70.2 Å². The highest BCUT2D eigenvalue weighted by Gasteiger charge is 2.34. The number of hydrogen-bond acceptors (Lipinski definition) is 1. The molecule has 25 heavy (non-hydrogen) atoms. The van der Waals surface area contributed by atoms with Gasteiger partial charge in [0, 0.05) is 4.75 Å². The molecule has 0 fully saturated rings. The number of rotatable bonds is 6. The van der Waals surface area contributed by atoms with Gasteiger partial charge in [0.05, 0.1) is 0 Å². The van der Waals surface area contributed by atoms with Crippen molar-refractivity contribution in [2.24, 2.45) is 5.92 Å². The molecule has 0 heterocycles. The van der Waals surface area contributed by atoms with Crippen LogP contribution < -0.4 is 0 Å². The molecule has 3 aliphatic rings. The summed E-state index contributed by atoms with van der Waals surface area (Å²) >= 11 is 2.12. The molecule has 134 valence electrons. The first-order valence-corrected chi connectivity index (χ1v) is 10.7. The molecule has 0 radical (unpaired) electrons. The summed E-state index contributed by atoms with van der Waals surface area (Å²) in [7, 11) is 0. The molecule has 0 N–H and O–H groups in total. The summed E-state index contributed by atoms with van der Waals surface area (Å²) < 4.78 is 0.221. The largest absolute Gasteiger partial charge is 0.119 e. The van der Waals surface area contributed by atoms with Crippen molar-refractivity contribution in [3.8, 4) is 0 Å². The third kappa shape index (κ3) is 4.70.